The van der Waals surface area contributed by atoms with E-state index in [1.54, 1.807) is 37.4 Å². The van der Waals surface area contributed by atoms with Crippen molar-refractivity contribution in [2.75, 3.05) is 20.8 Å². The summed E-state index contributed by atoms with van der Waals surface area (Å²) in [4.78, 5) is 22.7. The second-order valence-electron chi connectivity index (χ2n) is 4.49. The molecule has 0 aliphatic carbocycles. The van der Waals surface area contributed by atoms with E-state index in [4.69, 9.17) is 13.9 Å². The third-order valence-corrected chi connectivity index (χ3v) is 2.95. The molecule has 0 bridgehead atoms. The maximum atomic E-state index is 11.8. The quantitative estimate of drug-likeness (QED) is 0.783. The van der Waals surface area contributed by atoms with E-state index in [1.807, 2.05) is 0 Å². The fourth-order valence-electron chi connectivity index (χ4n) is 1.72. The Morgan fingerprint density at radius 2 is 1.74 bits per heavy atom. The van der Waals surface area contributed by atoms with Crippen molar-refractivity contribution in [2.24, 2.45) is 0 Å². The lowest BCUT2D eigenvalue weighted by Crippen LogP contribution is -2.29. The molecule has 0 spiro atoms. The van der Waals surface area contributed by atoms with Crippen molar-refractivity contribution in [2.45, 2.75) is 6.61 Å². The molecule has 0 aliphatic rings. The molecule has 2 aromatic rings. The van der Waals surface area contributed by atoms with Crippen molar-refractivity contribution in [3.05, 3.63) is 47.9 Å². The highest BCUT2D eigenvalue weighted by Crippen LogP contribution is 2.18. The lowest BCUT2D eigenvalue weighted by Gasteiger charge is -2.05. The smallest absolute Gasteiger partial charge is 0.325 e. The minimum absolute atomic E-state index is 0.0993. The van der Waals surface area contributed by atoms with Gasteiger partial charge < -0.3 is 23.9 Å². The van der Waals surface area contributed by atoms with Gasteiger partial charge in [-0.3, -0.25) is 9.59 Å². The Balaban J connectivity index is 1.86. The number of rotatable bonds is 7. The van der Waals surface area contributed by atoms with Crippen molar-refractivity contribution in [1.29, 1.82) is 0 Å². The number of furan rings is 1. The average Bonchev–Trinajstić information content (AvgIpc) is 3.07. The van der Waals surface area contributed by atoms with Crippen LogP contribution in [0.3, 0.4) is 0 Å². The third-order valence-electron chi connectivity index (χ3n) is 2.95. The minimum atomic E-state index is -0.534. The number of hydrogen-bond donors (Lipinski definition) is 1. The number of hydrogen-bond acceptors (Lipinski definition) is 6. The molecule has 0 saturated carbocycles. The second-order valence-corrected chi connectivity index (χ2v) is 4.49. The molecule has 1 aromatic heterocycles. The molecule has 1 heterocycles. The van der Waals surface area contributed by atoms with Gasteiger partial charge in [-0.05, 0) is 36.4 Å². The van der Waals surface area contributed by atoms with Gasteiger partial charge in [-0.15, -0.1) is 0 Å². The highest BCUT2D eigenvalue weighted by atomic mass is 16.5. The molecule has 23 heavy (non-hydrogen) atoms. The summed E-state index contributed by atoms with van der Waals surface area (Å²) >= 11 is 0. The predicted molar refractivity (Wildman–Crippen MR) is 80.4 cm³/mol. The lowest BCUT2D eigenvalue weighted by atomic mass is 10.3. The summed E-state index contributed by atoms with van der Waals surface area (Å²) < 4.78 is 20.4. The van der Waals surface area contributed by atoms with E-state index in [1.165, 1.54) is 13.2 Å². The normalized spacial score (nSPS) is 10.0. The number of ether oxygens (including phenoxy) is 3. The average molecular weight is 319 g/mol. The molecule has 0 radical (unpaired) electrons. The Hall–Kier alpha value is -2.96. The summed E-state index contributed by atoms with van der Waals surface area (Å²) in [7, 11) is 2.83. The molecule has 2 rings (SSSR count). The van der Waals surface area contributed by atoms with E-state index in [0.29, 0.717) is 11.5 Å². The summed E-state index contributed by atoms with van der Waals surface area (Å²) in [6.45, 7) is -0.0374. The van der Waals surface area contributed by atoms with Crippen molar-refractivity contribution in [3.63, 3.8) is 0 Å². The first-order chi connectivity index (χ1) is 11.1. The summed E-state index contributed by atoms with van der Waals surface area (Å²) in [6, 6.07) is 10.2. The molecule has 0 saturated heterocycles. The number of benzene rings is 1. The number of nitrogens with one attached hydrogen (secondary N) is 1. The van der Waals surface area contributed by atoms with E-state index in [9.17, 15) is 9.59 Å². The third kappa shape index (κ3) is 4.77. The Morgan fingerprint density at radius 3 is 2.39 bits per heavy atom. The molecule has 7 nitrogen and oxygen atoms in total. The first-order valence-corrected chi connectivity index (χ1v) is 6.83. The van der Waals surface area contributed by atoms with Crippen molar-refractivity contribution in [1.82, 2.24) is 5.32 Å². The Labute approximate surface area is 133 Å². The van der Waals surface area contributed by atoms with Gasteiger partial charge in [0.15, 0.2) is 5.76 Å². The summed E-state index contributed by atoms with van der Waals surface area (Å²) in [5.41, 5.74) is 0. The number of methoxy groups -OCH3 is 2. The van der Waals surface area contributed by atoms with Crippen molar-refractivity contribution >= 4 is 11.9 Å². The Bertz CT molecular complexity index is 661. The highest BCUT2D eigenvalue weighted by Gasteiger charge is 2.12. The van der Waals surface area contributed by atoms with E-state index in [2.05, 4.69) is 10.1 Å². The first-order valence-electron chi connectivity index (χ1n) is 6.83. The number of carbonyl (C=O) groups excluding carboxylic acids is 2. The SMILES string of the molecule is COC(=O)CNC(=O)c1ccc(COc2ccc(OC)cc2)o1. The topological polar surface area (TPSA) is 87.0 Å². The molecule has 122 valence electrons. The molecule has 1 aromatic carbocycles. The molecular formula is C16H17NO6. The zero-order valence-corrected chi connectivity index (χ0v) is 12.8. The van der Waals surface area contributed by atoms with Gasteiger partial charge in [0, 0.05) is 0 Å². The van der Waals surface area contributed by atoms with Crippen LogP contribution in [0.1, 0.15) is 16.3 Å². The molecule has 0 aliphatic heterocycles. The van der Waals surface area contributed by atoms with Gasteiger partial charge in [0.1, 0.15) is 30.4 Å². The molecule has 7 heteroatoms. The number of carbonyl (C=O) groups is 2. The van der Waals surface area contributed by atoms with Crippen LogP contribution in [0.25, 0.3) is 0 Å². The lowest BCUT2D eigenvalue weighted by molar-refractivity contribution is -0.139. The zero-order valence-electron chi connectivity index (χ0n) is 12.8. The van der Waals surface area contributed by atoms with Crippen LogP contribution in [0, 0.1) is 0 Å². The van der Waals surface area contributed by atoms with Gasteiger partial charge in [-0.1, -0.05) is 0 Å². The molecule has 1 N–H and O–H groups in total. The predicted octanol–water partition coefficient (Wildman–Crippen LogP) is 1.77. The van der Waals surface area contributed by atoms with Gasteiger partial charge >= 0.3 is 5.97 Å². The second kappa shape index (κ2) is 7.88. The van der Waals surface area contributed by atoms with Gasteiger partial charge in [-0.2, -0.15) is 0 Å². The molecule has 0 atom stereocenters. The first kappa shape index (κ1) is 16.4. The summed E-state index contributed by atoms with van der Waals surface area (Å²) in [5.74, 6) is 0.948. The van der Waals surface area contributed by atoms with Crippen LogP contribution in [-0.2, 0) is 16.1 Å². The number of amides is 1. The summed E-state index contributed by atoms with van der Waals surface area (Å²) in [6.07, 6.45) is 0. The zero-order chi connectivity index (χ0) is 16.7. The molecule has 0 fully saturated rings. The maximum Gasteiger partial charge on any atom is 0.325 e. The van der Waals surface area contributed by atoms with Crippen molar-refractivity contribution < 1.29 is 28.2 Å². The fraction of sp³-hybridized carbons (Fsp3) is 0.250. The van der Waals surface area contributed by atoms with Gasteiger partial charge in [0.05, 0.1) is 14.2 Å². The van der Waals surface area contributed by atoms with Crippen LogP contribution in [-0.4, -0.2) is 32.6 Å². The van der Waals surface area contributed by atoms with Crippen LogP contribution < -0.4 is 14.8 Å². The molecular weight excluding hydrogens is 302 g/mol. The Morgan fingerprint density at radius 1 is 1.04 bits per heavy atom. The van der Waals surface area contributed by atoms with Gasteiger partial charge in [0.25, 0.3) is 5.91 Å². The highest BCUT2D eigenvalue weighted by molar-refractivity contribution is 5.93. The maximum absolute atomic E-state index is 11.8. The van der Waals surface area contributed by atoms with E-state index >= 15 is 0 Å². The van der Waals surface area contributed by atoms with Crippen molar-refractivity contribution in [3.8, 4) is 11.5 Å². The van der Waals surface area contributed by atoms with E-state index in [0.717, 1.165) is 5.75 Å². The van der Waals surface area contributed by atoms with Crippen LogP contribution in [0.15, 0.2) is 40.8 Å². The van der Waals surface area contributed by atoms with Crippen LogP contribution in [0.2, 0.25) is 0 Å². The standard InChI is InChI=1S/C16H17NO6/c1-20-11-3-5-12(6-4-11)22-10-13-7-8-14(23-13)16(19)17-9-15(18)21-2/h3-8H,9-10H2,1-2H3,(H,17,19). The van der Waals surface area contributed by atoms with E-state index < -0.39 is 11.9 Å². The van der Waals surface area contributed by atoms with Crippen LogP contribution in [0.5, 0.6) is 11.5 Å². The molecule has 0 unspecified atom stereocenters. The minimum Gasteiger partial charge on any atom is -0.497 e. The monoisotopic (exact) mass is 319 g/mol. The summed E-state index contributed by atoms with van der Waals surface area (Å²) in [5, 5.41) is 2.39. The fourth-order valence-corrected chi connectivity index (χ4v) is 1.72. The van der Waals surface area contributed by atoms with Crippen LogP contribution >= 0.6 is 0 Å². The van der Waals surface area contributed by atoms with E-state index in [-0.39, 0.29) is 18.9 Å². The van der Waals surface area contributed by atoms with Gasteiger partial charge in [0.2, 0.25) is 0 Å². The molecule has 1 amide bonds. The Kier molecular flexibility index (Phi) is 5.62. The van der Waals surface area contributed by atoms with Gasteiger partial charge in [-0.25, -0.2) is 0 Å². The van der Waals surface area contributed by atoms with Crippen LogP contribution in [0.4, 0.5) is 0 Å². The number of esters is 1. The largest absolute Gasteiger partial charge is 0.497 e.